The van der Waals surface area contributed by atoms with Gasteiger partial charge in [-0.3, -0.25) is 10.1 Å². The van der Waals surface area contributed by atoms with Crippen LogP contribution in [0.1, 0.15) is 37.9 Å². The molecule has 21 heavy (non-hydrogen) atoms. The molecule has 7 nitrogen and oxygen atoms in total. The number of carbonyl (C=O) groups is 2. The number of urea groups is 1. The quantitative estimate of drug-likeness (QED) is 0.812. The predicted octanol–water partition coefficient (Wildman–Crippen LogP) is 1.90. The Kier molecular flexibility index (Phi) is 5.59. The van der Waals surface area contributed by atoms with Gasteiger partial charge in [-0.15, -0.1) is 0 Å². The van der Waals surface area contributed by atoms with E-state index in [1.54, 1.807) is 13.0 Å². The van der Waals surface area contributed by atoms with Crippen LogP contribution < -0.4 is 10.6 Å². The first kappa shape index (κ1) is 15.3. The van der Waals surface area contributed by atoms with Crippen LogP contribution in [0.5, 0.6) is 0 Å². The van der Waals surface area contributed by atoms with Gasteiger partial charge in [-0.05, 0) is 26.2 Å². The first-order valence-electron chi connectivity index (χ1n) is 7.41. The molecule has 1 aliphatic heterocycles. The van der Waals surface area contributed by atoms with Gasteiger partial charge in [0.05, 0.1) is 0 Å². The summed E-state index contributed by atoms with van der Waals surface area (Å²) >= 11 is 0. The molecule has 0 radical (unpaired) electrons. The number of amides is 3. The Morgan fingerprint density at radius 2 is 2.29 bits per heavy atom. The molecule has 116 valence electrons. The summed E-state index contributed by atoms with van der Waals surface area (Å²) in [5, 5.41) is 9.00. The molecule has 2 N–H and O–H groups in total. The average Bonchev–Trinajstić information content (AvgIpc) is 2.74. The van der Waals surface area contributed by atoms with Crippen LogP contribution in [0.4, 0.5) is 10.6 Å². The summed E-state index contributed by atoms with van der Waals surface area (Å²) in [5.74, 6) is 1.27. The van der Waals surface area contributed by atoms with Crippen LogP contribution in [-0.4, -0.2) is 41.6 Å². The van der Waals surface area contributed by atoms with Crippen molar-refractivity contribution in [2.24, 2.45) is 0 Å². The lowest BCUT2D eigenvalue weighted by atomic mass is 10.2. The minimum absolute atomic E-state index is 0.232. The lowest BCUT2D eigenvalue weighted by Gasteiger charge is -2.20. The number of hydrogen-bond acceptors (Lipinski definition) is 4. The minimum atomic E-state index is -0.314. The molecule has 1 aromatic heterocycles. The summed E-state index contributed by atoms with van der Waals surface area (Å²) in [5.41, 5.74) is 0. The largest absolute Gasteiger partial charge is 0.360 e. The number of anilines is 1. The van der Waals surface area contributed by atoms with Gasteiger partial charge in [0.2, 0.25) is 5.91 Å². The predicted molar refractivity (Wildman–Crippen MR) is 77.9 cm³/mol. The molecule has 0 bridgehead atoms. The normalized spacial score (nSPS) is 15.7. The zero-order chi connectivity index (χ0) is 15.1. The summed E-state index contributed by atoms with van der Waals surface area (Å²) < 4.78 is 4.86. The van der Waals surface area contributed by atoms with E-state index >= 15 is 0 Å². The number of carbonyl (C=O) groups excluding carboxylic acids is 2. The maximum Gasteiger partial charge on any atom is 0.320 e. The highest BCUT2D eigenvalue weighted by Crippen LogP contribution is 2.11. The number of hydrogen-bond donors (Lipinski definition) is 2. The third kappa shape index (κ3) is 5.09. The lowest BCUT2D eigenvalue weighted by Crippen LogP contribution is -2.35. The fraction of sp³-hybridized carbons (Fsp3) is 0.643. The van der Waals surface area contributed by atoms with E-state index in [1.165, 1.54) is 0 Å². The molecule has 2 heterocycles. The Morgan fingerprint density at radius 3 is 3.05 bits per heavy atom. The number of nitrogens with zero attached hydrogens (tertiary/aromatic N) is 2. The average molecular weight is 294 g/mol. The summed E-state index contributed by atoms with van der Waals surface area (Å²) in [6.07, 6.45) is 4.59. The van der Waals surface area contributed by atoms with Crippen LogP contribution >= 0.6 is 0 Å². The molecule has 0 unspecified atom stereocenters. The molecule has 1 aromatic rings. The maximum absolute atomic E-state index is 11.8. The number of aryl methyl sites for hydroxylation is 1. The molecular formula is C14H22N4O3. The number of rotatable bonds is 5. The van der Waals surface area contributed by atoms with Crippen molar-refractivity contribution < 1.29 is 14.1 Å². The van der Waals surface area contributed by atoms with E-state index in [1.807, 2.05) is 4.90 Å². The van der Waals surface area contributed by atoms with Gasteiger partial charge in [-0.1, -0.05) is 11.6 Å². The molecule has 1 saturated heterocycles. The Balaban J connectivity index is 1.62. The van der Waals surface area contributed by atoms with Gasteiger partial charge >= 0.3 is 6.03 Å². The highest BCUT2D eigenvalue weighted by atomic mass is 16.5. The fourth-order valence-electron chi connectivity index (χ4n) is 2.33. The number of likely N-dealkylation sites (tertiary alicyclic amines) is 1. The Hall–Kier alpha value is -2.05. The molecule has 0 spiro atoms. The van der Waals surface area contributed by atoms with E-state index in [0.717, 1.165) is 32.2 Å². The smallest absolute Gasteiger partial charge is 0.320 e. The van der Waals surface area contributed by atoms with Crippen molar-refractivity contribution in [2.45, 2.75) is 39.0 Å². The number of aromatic nitrogens is 1. The Bertz CT molecular complexity index is 486. The molecule has 0 aromatic carbocycles. The van der Waals surface area contributed by atoms with Crippen molar-refractivity contribution in [3.63, 3.8) is 0 Å². The van der Waals surface area contributed by atoms with Crippen LogP contribution in [-0.2, 0) is 4.79 Å². The molecule has 0 aliphatic carbocycles. The lowest BCUT2D eigenvalue weighted by molar-refractivity contribution is -0.130. The second kappa shape index (κ2) is 7.66. The number of nitrogens with one attached hydrogen (secondary N) is 2. The Morgan fingerprint density at radius 1 is 1.43 bits per heavy atom. The SMILES string of the molecule is Cc1cc(NC(=O)NCCCN2CCCCCC2=O)no1. The molecule has 0 atom stereocenters. The van der Waals surface area contributed by atoms with E-state index in [4.69, 9.17) is 4.52 Å². The van der Waals surface area contributed by atoms with E-state index < -0.39 is 0 Å². The summed E-state index contributed by atoms with van der Waals surface area (Å²) in [4.78, 5) is 25.3. The van der Waals surface area contributed by atoms with Crippen LogP contribution in [0.25, 0.3) is 0 Å². The standard InChI is InChI=1S/C14H22N4O3/c1-11-10-12(17-21-11)16-14(20)15-7-5-9-18-8-4-2-3-6-13(18)19/h10H,2-9H2,1H3,(H2,15,16,17,20). The molecule has 3 amide bonds. The van der Waals surface area contributed by atoms with Crippen LogP contribution in [0.3, 0.4) is 0 Å². The monoisotopic (exact) mass is 294 g/mol. The van der Waals surface area contributed by atoms with Gasteiger partial charge in [-0.2, -0.15) is 0 Å². The van der Waals surface area contributed by atoms with E-state index in [2.05, 4.69) is 15.8 Å². The van der Waals surface area contributed by atoms with Crippen LogP contribution in [0, 0.1) is 6.92 Å². The second-order valence-electron chi connectivity index (χ2n) is 5.25. The van der Waals surface area contributed by atoms with Crippen molar-refractivity contribution in [3.05, 3.63) is 11.8 Å². The third-order valence-electron chi connectivity index (χ3n) is 3.43. The van der Waals surface area contributed by atoms with Crippen molar-refractivity contribution in [1.29, 1.82) is 0 Å². The molecule has 7 heteroatoms. The van der Waals surface area contributed by atoms with E-state index in [0.29, 0.717) is 31.1 Å². The highest BCUT2D eigenvalue weighted by Gasteiger charge is 2.15. The van der Waals surface area contributed by atoms with E-state index in [9.17, 15) is 9.59 Å². The van der Waals surface area contributed by atoms with Crippen molar-refractivity contribution in [3.8, 4) is 0 Å². The van der Waals surface area contributed by atoms with Crippen LogP contribution in [0.2, 0.25) is 0 Å². The third-order valence-corrected chi connectivity index (χ3v) is 3.43. The van der Waals surface area contributed by atoms with Gasteiger partial charge in [0.15, 0.2) is 5.82 Å². The zero-order valence-electron chi connectivity index (χ0n) is 12.4. The molecule has 0 saturated carbocycles. The minimum Gasteiger partial charge on any atom is -0.360 e. The topological polar surface area (TPSA) is 87.5 Å². The van der Waals surface area contributed by atoms with Gasteiger partial charge in [0, 0.05) is 32.1 Å². The van der Waals surface area contributed by atoms with Crippen molar-refractivity contribution in [2.75, 3.05) is 25.0 Å². The zero-order valence-corrected chi connectivity index (χ0v) is 12.4. The summed E-state index contributed by atoms with van der Waals surface area (Å²) in [6, 6.07) is 1.33. The van der Waals surface area contributed by atoms with Gasteiger partial charge < -0.3 is 14.7 Å². The van der Waals surface area contributed by atoms with Gasteiger partial charge in [0.25, 0.3) is 0 Å². The molecule has 1 aliphatic rings. The van der Waals surface area contributed by atoms with Gasteiger partial charge in [-0.25, -0.2) is 4.79 Å². The first-order chi connectivity index (χ1) is 10.1. The van der Waals surface area contributed by atoms with Crippen LogP contribution in [0.15, 0.2) is 10.6 Å². The van der Waals surface area contributed by atoms with E-state index in [-0.39, 0.29) is 11.9 Å². The highest BCUT2D eigenvalue weighted by molar-refractivity contribution is 5.88. The van der Waals surface area contributed by atoms with Crippen molar-refractivity contribution in [1.82, 2.24) is 15.4 Å². The summed E-state index contributed by atoms with van der Waals surface area (Å²) in [6.45, 7) is 3.81. The fourth-order valence-corrected chi connectivity index (χ4v) is 2.33. The Labute approximate surface area is 124 Å². The molecule has 2 rings (SSSR count). The van der Waals surface area contributed by atoms with Crippen molar-refractivity contribution >= 4 is 17.8 Å². The van der Waals surface area contributed by atoms with Gasteiger partial charge in [0.1, 0.15) is 5.76 Å². The molecular weight excluding hydrogens is 272 g/mol. The maximum atomic E-state index is 11.8. The summed E-state index contributed by atoms with van der Waals surface area (Å²) in [7, 11) is 0. The first-order valence-corrected chi connectivity index (χ1v) is 7.41. The second-order valence-corrected chi connectivity index (χ2v) is 5.25. The molecule has 1 fully saturated rings.